The van der Waals surface area contributed by atoms with Gasteiger partial charge in [0, 0.05) is 32.7 Å². The van der Waals surface area contributed by atoms with Crippen molar-refractivity contribution in [3.05, 3.63) is 18.2 Å². The lowest BCUT2D eigenvalue weighted by Crippen LogP contribution is -2.57. The molecular formula is C16H24FN5O. The third kappa shape index (κ3) is 3.29. The average molecular weight is 321 g/mol. The van der Waals surface area contributed by atoms with E-state index in [1.165, 1.54) is 12.4 Å². The van der Waals surface area contributed by atoms with E-state index < -0.39 is 5.82 Å². The summed E-state index contributed by atoms with van der Waals surface area (Å²) >= 11 is 0. The molecule has 0 aliphatic carbocycles. The van der Waals surface area contributed by atoms with E-state index in [1.807, 2.05) is 0 Å². The Morgan fingerprint density at radius 2 is 1.91 bits per heavy atom. The Balaban J connectivity index is 1.75. The van der Waals surface area contributed by atoms with E-state index in [9.17, 15) is 9.18 Å². The van der Waals surface area contributed by atoms with Crippen LogP contribution in [0.3, 0.4) is 0 Å². The first-order chi connectivity index (χ1) is 11.0. The van der Waals surface area contributed by atoms with Crippen molar-refractivity contribution in [2.45, 2.75) is 31.2 Å². The summed E-state index contributed by atoms with van der Waals surface area (Å²) in [7, 11) is 3.59. The number of aromatic nitrogens is 2. The van der Waals surface area contributed by atoms with Crippen molar-refractivity contribution in [1.29, 1.82) is 0 Å². The molecule has 1 atom stereocenters. The number of hydrogen-bond acceptors (Lipinski definition) is 5. The Hall–Kier alpha value is -1.76. The summed E-state index contributed by atoms with van der Waals surface area (Å²) in [5, 5.41) is 0. The number of amides is 1. The first-order valence-corrected chi connectivity index (χ1v) is 8.18. The van der Waals surface area contributed by atoms with Crippen LogP contribution in [0.1, 0.15) is 25.7 Å². The molecule has 3 heterocycles. The van der Waals surface area contributed by atoms with Crippen LogP contribution in [0.25, 0.3) is 0 Å². The highest BCUT2D eigenvalue weighted by Crippen LogP contribution is 2.37. The van der Waals surface area contributed by atoms with Crippen molar-refractivity contribution in [2.75, 3.05) is 45.2 Å². The van der Waals surface area contributed by atoms with Crippen molar-refractivity contribution in [2.24, 2.45) is 0 Å². The fourth-order valence-electron chi connectivity index (χ4n) is 3.76. The minimum Gasteiger partial charge on any atom is -0.348 e. The van der Waals surface area contributed by atoms with E-state index in [2.05, 4.69) is 19.8 Å². The van der Waals surface area contributed by atoms with Gasteiger partial charge in [0.05, 0.1) is 18.9 Å². The van der Waals surface area contributed by atoms with Gasteiger partial charge < -0.3 is 9.80 Å². The van der Waals surface area contributed by atoms with Crippen LogP contribution in [-0.2, 0) is 4.79 Å². The third-order valence-corrected chi connectivity index (χ3v) is 5.01. The molecule has 1 unspecified atom stereocenters. The number of nitrogens with zero attached hydrogens (tertiary/aromatic N) is 5. The van der Waals surface area contributed by atoms with Crippen LogP contribution in [0.4, 0.5) is 10.3 Å². The normalized spacial score (nSPS) is 25.1. The van der Waals surface area contributed by atoms with Gasteiger partial charge in [-0.05, 0) is 32.2 Å². The number of halogens is 1. The summed E-state index contributed by atoms with van der Waals surface area (Å²) in [6, 6.07) is 0. The molecule has 0 aromatic carbocycles. The minimum atomic E-state index is -0.417. The van der Waals surface area contributed by atoms with Gasteiger partial charge in [0.25, 0.3) is 0 Å². The zero-order chi connectivity index (χ0) is 16.4. The van der Waals surface area contributed by atoms with Crippen molar-refractivity contribution in [3.8, 4) is 0 Å². The first-order valence-electron chi connectivity index (χ1n) is 8.18. The van der Waals surface area contributed by atoms with Crippen LogP contribution in [0.5, 0.6) is 0 Å². The molecule has 2 saturated heterocycles. The number of anilines is 1. The summed E-state index contributed by atoms with van der Waals surface area (Å²) < 4.78 is 13.0. The maximum absolute atomic E-state index is 13.0. The predicted octanol–water partition coefficient (Wildman–Crippen LogP) is 1.14. The van der Waals surface area contributed by atoms with Gasteiger partial charge in [0.1, 0.15) is 0 Å². The van der Waals surface area contributed by atoms with Crippen molar-refractivity contribution < 1.29 is 9.18 Å². The lowest BCUT2D eigenvalue weighted by Gasteiger charge is -2.46. The van der Waals surface area contributed by atoms with Gasteiger partial charge in [0.2, 0.25) is 11.9 Å². The van der Waals surface area contributed by atoms with Gasteiger partial charge in [-0.1, -0.05) is 0 Å². The van der Waals surface area contributed by atoms with E-state index >= 15 is 0 Å². The molecule has 1 spiro atoms. The smallest absolute Gasteiger partial charge is 0.236 e. The molecule has 1 aromatic rings. The third-order valence-electron chi connectivity index (χ3n) is 5.01. The Morgan fingerprint density at radius 1 is 1.26 bits per heavy atom. The maximum Gasteiger partial charge on any atom is 0.236 e. The molecule has 1 amide bonds. The van der Waals surface area contributed by atoms with E-state index in [1.54, 1.807) is 19.0 Å². The number of carbonyl (C=O) groups excluding carboxylic acids is 1. The summed E-state index contributed by atoms with van der Waals surface area (Å²) in [6.07, 6.45) is 6.75. The highest BCUT2D eigenvalue weighted by molar-refractivity contribution is 5.77. The fourth-order valence-corrected chi connectivity index (χ4v) is 3.76. The zero-order valence-corrected chi connectivity index (χ0v) is 13.8. The highest BCUT2D eigenvalue weighted by Gasteiger charge is 2.45. The van der Waals surface area contributed by atoms with Crippen LogP contribution in [0, 0.1) is 5.82 Å². The molecule has 0 bridgehead atoms. The minimum absolute atomic E-state index is 0.0155. The Kier molecular flexibility index (Phi) is 4.48. The molecule has 3 rings (SSSR count). The molecule has 0 radical (unpaired) electrons. The molecule has 1 aromatic heterocycles. The molecule has 7 heteroatoms. The molecule has 2 fully saturated rings. The van der Waals surface area contributed by atoms with Gasteiger partial charge in [-0.3, -0.25) is 9.69 Å². The van der Waals surface area contributed by atoms with Crippen LogP contribution in [0.15, 0.2) is 12.4 Å². The van der Waals surface area contributed by atoms with Crippen molar-refractivity contribution in [3.63, 3.8) is 0 Å². The van der Waals surface area contributed by atoms with Gasteiger partial charge in [-0.2, -0.15) is 0 Å². The van der Waals surface area contributed by atoms with Gasteiger partial charge in [-0.15, -0.1) is 0 Å². The zero-order valence-electron chi connectivity index (χ0n) is 13.8. The molecule has 0 N–H and O–H groups in total. The van der Waals surface area contributed by atoms with Gasteiger partial charge >= 0.3 is 0 Å². The first kappa shape index (κ1) is 16.1. The summed E-state index contributed by atoms with van der Waals surface area (Å²) in [5.74, 6) is 0.303. The lowest BCUT2D eigenvalue weighted by atomic mass is 9.86. The molecule has 2 aliphatic rings. The quantitative estimate of drug-likeness (QED) is 0.836. The second-order valence-corrected chi connectivity index (χ2v) is 6.76. The van der Waals surface area contributed by atoms with Crippen molar-refractivity contribution in [1.82, 2.24) is 19.8 Å². The average Bonchev–Trinajstić information content (AvgIpc) is 2.90. The van der Waals surface area contributed by atoms with E-state index in [-0.39, 0.29) is 11.4 Å². The monoisotopic (exact) mass is 321 g/mol. The topological polar surface area (TPSA) is 52.6 Å². The summed E-state index contributed by atoms with van der Waals surface area (Å²) in [4.78, 5) is 26.5. The largest absolute Gasteiger partial charge is 0.348 e. The molecular weight excluding hydrogens is 297 g/mol. The SMILES string of the molecule is CN(C)C(=O)CN1CCCC12CCCN(c1ncc(F)cn1)C2. The number of hydrogen-bond donors (Lipinski definition) is 0. The predicted molar refractivity (Wildman–Crippen MR) is 85.7 cm³/mol. The highest BCUT2D eigenvalue weighted by atomic mass is 19.1. The molecule has 2 aliphatic heterocycles. The fraction of sp³-hybridized carbons (Fsp3) is 0.688. The number of likely N-dealkylation sites (N-methyl/N-ethyl adjacent to an activating group) is 1. The van der Waals surface area contributed by atoms with E-state index in [4.69, 9.17) is 0 Å². The summed E-state index contributed by atoms with van der Waals surface area (Å²) in [6.45, 7) is 3.10. The second-order valence-electron chi connectivity index (χ2n) is 6.76. The van der Waals surface area contributed by atoms with E-state index in [0.717, 1.165) is 45.3 Å². The standard InChI is InChI=1S/C16H24FN5O/c1-20(2)14(23)11-22-8-4-6-16(22)5-3-7-21(12-16)15-18-9-13(17)10-19-15/h9-10H,3-8,11-12H2,1-2H3. The maximum atomic E-state index is 13.0. The molecule has 126 valence electrons. The number of carbonyl (C=O) groups is 1. The van der Waals surface area contributed by atoms with Crippen LogP contribution in [0.2, 0.25) is 0 Å². The lowest BCUT2D eigenvalue weighted by molar-refractivity contribution is -0.131. The molecule has 6 nitrogen and oxygen atoms in total. The Bertz CT molecular complexity index is 564. The number of likely N-dealkylation sites (tertiary alicyclic amines) is 1. The second kappa shape index (κ2) is 6.39. The van der Waals surface area contributed by atoms with Crippen LogP contribution in [-0.4, -0.2) is 71.5 Å². The number of piperidine rings is 1. The Morgan fingerprint density at radius 3 is 2.57 bits per heavy atom. The van der Waals surface area contributed by atoms with E-state index in [0.29, 0.717) is 12.5 Å². The molecule has 0 saturated carbocycles. The van der Waals surface area contributed by atoms with Gasteiger partial charge in [0.15, 0.2) is 5.82 Å². The van der Waals surface area contributed by atoms with Gasteiger partial charge in [-0.25, -0.2) is 14.4 Å². The van der Waals surface area contributed by atoms with Crippen LogP contribution >= 0.6 is 0 Å². The molecule has 23 heavy (non-hydrogen) atoms. The summed E-state index contributed by atoms with van der Waals surface area (Å²) in [5.41, 5.74) is 0.0155. The van der Waals surface area contributed by atoms with Crippen molar-refractivity contribution >= 4 is 11.9 Å². The number of rotatable bonds is 3. The Labute approximate surface area is 136 Å². The van der Waals surface area contributed by atoms with Crippen LogP contribution < -0.4 is 4.90 Å².